The molecule has 1 aromatic heterocycles. The second-order valence-corrected chi connectivity index (χ2v) is 7.26. The second kappa shape index (κ2) is 5.43. The highest BCUT2D eigenvalue weighted by molar-refractivity contribution is 5.16. The van der Waals surface area contributed by atoms with Crippen LogP contribution in [-0.2, 0) is 16.0 Å². The SMILES string of the molecule is C[C@@H]1[C@H]2OC(C)(C)O[C@H]2C(c2ccco2)[N+]1([O-])Cc1ccccc1. The lowest BCUT2D eigenvalue weighted by molar-refractivity contribution is -0.937. The summed E-state index contributed by atoms with van der Waals surface area (Å²) in [5.41, 5.74) is 1.01. The molecule has 0 N–H and O–H groups in total. The molecule has 2 unspecified atom stereocenters. The molecule has 2 fully saturated rings. The molecular formula is C19H23NO4. The number of ether oxygens (including phenoxy) is 2. The van der Waals surface area contributed by atoms with E-state index in [1.54, 1.807) is 6.26 Å². The van der Waals surface area contributed by atoms with Crippen molar-refractivity contribution in [2.75, 3.05) is 0 Å². The lowest BCUT2D eigenvalue weighted by Gasteiger charge is -2.48. The van der Waals surface area contributed by atoms with Gasteiger partial charge in [0.2, 0.25) is 0 Å². The van der Waals surface area contributed by atoms with Crippen LogP contribution in [0, 0.1) is 5.21 Å². The molecule has 0 radical (unpaired) electrons. The number of rotatable bonds is 3. The van der Waals surface area contributed by atoms with Gasteiger partial charge in [-0.15, -0.1) is 0 Å². The molecule has 2 saturated heterocycles. The van der Waals surface area contributed by atoms with Gasteiger partial charge in [0, 0.05) is 5.56 Å². The molecule has 2 aliphatic heterocycles. The number of hydrogen-bond donors (Lipinski definition) is 0. The van der Waals surface area contributed by atoms with Gasteiger partial charge in [-0.25, -0.2) is 0 Å². The predicted octanol–water partition coefficient (Wildman–Crippen LogP) is 3.76. The van der Waals surface area contributed by atoms with Gasteiger partial charge in [0.1, 0.15) is 18.7 Å². The van der Waals surface area contributed by atoms with Gasteiger partial charge < -0.3 is 23.7 Å². The third-order valence-electron chi connectivity index (χ3n) is 5.22. The molecule has 5 atom stereocenters. The third kappa shape index (κ3) is 2.40. The van der Waals surface area contributed by atoms with Crippen LogP contribution in [0.3, 0.4) is 0 Å². The van der Waals surface area contributed by atoms with Crippen LogP contribution in [0.1, 0.15) is 38.1 Å². The van der Waals surface area contributed by atoms with E-state index in [2.05, 4.69) is 0 Å². The molecule has 1 aromatic carbocycles. The summed E-state index contributed by atoms with van der Waals surface area (Å²) in [4.78, 5) is 0. The first-order valence-electron chi connectivity index (χ1n) is 8.42. The molecule has 4 rings (SSSR count). The van der Waals surface area contributed by atoms with Gasteiger partial charge >= 0.3 is 0 Å². The van der Waals surface area contributed by atoms with Gasteiger partial charge in [-0.2, -0.15) is 0 Å². The highest BCUT2D eigenvalue weighted by Crippen LogP contribution is 2.52. The summed E-state index contributed by atoms with van der Waals surface area (Å²) >= 11 is 0. The van der Waals surface area contributed by atoms with E-state index in [0.717, 1.165) is 5.56 Å². The van der Waals surface area contributed by atoms with E-state index in [4.69, 9.17) is 13.9 Å². The van der Waals surface area contributed by atoms with E-state index in [1.807, 2.05) is 63.2 Å². The maximum absolute atomic E-state index is 14.0. The number of benzene rings is 1. The zero-order valence-corrected chi connectivity index (χ0v) is 14.2. The minimum Gasteiger partial charge on any atom is -0.632 e. The fourth-order valence-corrected chi connectivity index (χ4v) is 4.13. The molecule has 0 spiro atoms. The van der Waals surface area contributed by atoms with Gasteiger partial charge in [0.15, 0.2) is 23.7 Å². The van der Waals surface area contributed by atoms with E-state index in [9.17, 15) is 5.21 Å². The number of nitrogens with zero attached hydrogens (tertiary/aromatic N) is 1. The lowest BCUT2D eigenvalue weighted by atomic mass is 10.1. The van der Waals surface area contributed by atoms with Crippen molar-refractivity contribution in [3.63, 3.8) is 0 Å². The maximum Gasteiger partial charge on any atom is 0.177 e. The Bertz CT molecular complexity index is 699. The molecule has 5 heteroatoms. The Hall–Kier alpha value is -1.66. The van der Waals surface area contributed by atoms with Crippen LogP contribution in [0.2, 0.25) is 0 Å². The molecular weight excluding hydrogens is 306 g/mol. The summed E-state index contributed by atoms with van der Waals surface area (Å²) in [6, 6.07) is 12.9. The highest BCUT2D eigenvalue weighted by atomic mass is 16.8. The first-order valence-corrected chi connectivity index (χ1v) is 8.42. The summed E-state index contributed by atoms with van der Waals surface area (Å²) < 4.78 is 17.4. The normalized spacial score (nSPS) is 37.5. The van der Waals surface area contributed by atoms with Gasteiger partial charge in [-0.05, 0) is 32.9 Å². The standard InChI is InChI=1S/C19H23NO4/c1-13-17-18(24-19(2,3)23-17)16(15-10-7-11-22-15)20(13,21)12-14-8-5-4-6-9-14/h4-11,13,16-18H,12H2,1-3H3/t13-,16?,17-,18+,20?/m1/s1. The molecule has 0 saturated carbocycles. The molecule has 0 aliphatic carbocycles. The van der Waals surface area contributed by atoms with E-state index >= 15 is 0 Å². The Morgan fingerprint density at radius 3 is 2.42 bits per heavy atom. The third-order valence-corrected chi connectivity index (χ3v) is 5.22. The lowest BCUT2D eigenvalue weighted by Crippen LogP contribution is -2.50. The fourth-order valence-electron chi connectivity index (χ4n) is 4.13. The fraction of sp³-hybridized carbons (Fsp3) is 0.474. The van der Waals surface area contributed by atoms with Crippen molar-refractivity contribution in [1.29, 1.82) is 0 Å². The van der Waals surface area contributed by atoms with Crippen molar-refractivity contribution < 1.29 is 18.5 Å². The Morgan fingerprint density at radius 2 is 1.75 bits per heavy atom. The Balaban J connectivity index is 1.75. The molecule has 0 amide bonds. The molecule has 2 aromatic rings. The number of quaternary nitrogens is 1. The monoisotopic (exact) mass is 329 g/mol. The molecule has 0 bridgehead atoms. The molecule has 3 heterocycles. The van der Waals surface area contributed by atoms with E-state index in [-0.39, 0.29) is 18.2 Å². The van der Waals surface area contributed by atoms with Gasteiger partial charge in [0.05, 0.1) is 6.26 Å². The van der Waals surface area contributed by atoms with E-state index in [0.29, 0.717) is 12.3 Å². The van der Waals surface area contributed by atoms with Crippen LogP contribution in [0.4, 0.5) is 0 Å². The van der Waals surface area contributed by atoms with Crippen molar-refractivity contribution in [2.24, 2.45) is 0 Å². The summed E-state index contributed by atoms with van der Waals surface area (Å²) in [5, 5.41) is 14.0. The van der Waals surface area contributed by atoms with E-state index < -0.39 is 16.5 Å². The molecule has 5 nitrogen and oxygen atoms in total. The number of hydroxylamine groups is 3. The second-order valence-electron chi connectivity index (χ2n) is 7.26. The number of fused-ring (bicyclic) bond motifs is 1. The van der Waals surface area contributed by atoms with Crippen LogP contribution in [0.15, 0.2) is 53.1 Å². The maximum atomic E-state index is 14.0. The Labute approximate surface area is 142 Å². The smallest absolute Gasteiger partial charge is 0.177 e. The summed E-state index contributed by atoms with van der Waals surface area (Å²) in [7, 11) is 0. The average molecular weight is 329 g/mol. The quantitative estimate of drug-likeness (QED) is 0.635. The highest BCUT2D eigenvalue weighted by Gasteiger charge is 2.63. The largest absolute Gasteiger partial charge is 0.632 e. The minimum absolute atomic E-state index is 0.240. The zero-order valence-electron chi connectivity index (χ0n) is 14.2. The Morgan fingerprint density at radius 1 is 1.04 bits per heavy atom. The van der Waals surface area contributed by atoms with Crippen molar-refractivity contribution in [1.82, 2.24) is 0 Å². The van der Waals surface area contributed by atoms with Crippen LogP contribution >= 0.6 is 0 Å². The summed E-state index contributed by atoms with van der Waals surface area (Å²) in [6.07, 6.45) is 1.07. The topological polar surface area (TPSA) is 54.7 Å². The molecule has 2 aliphatic rings. The van der Waals surface area contributed by atoms with Gasteiger partial charge in [-0.3, -0.25) is 0 Å². The number of likely N-dealkylation sites (tertiary alicyclic amines) is 1. The van der Waals surface area contributed by atoms with Crippen LogP contribution in [-0.4, -0.2) is 28.7 Å². The van der Waals surface area contributed by atoms with Gasteiger partial charge in [0.25, 0.3) is 0 Å². The van der Waals surface area contributed by atoms with Crippen molar-refractivity contribution in [3.8, 4) is 0 Å². The van der Waals surface area contributed by atoms with Crippen molar-refractivity contribution in [3.05, 3.63) is 65.3 Å². The van der Waals surface area contributed by atoms with Crippen LogP contribution in [0.25, 0.3) is 0 Å². The van der Waals surface area contributed by atoms with Crippen LogP contribution in [0.5, 0.6) is 0 Å². The minimum atomic E-state index is -0.674. The van der Waals surface area contributed by atoms with Crippen molar-refractivity contribution in [2.45, 2.75) is 57.4 Å². The zero-order chi connectivity index (χ0) is 16.9. The van der Waals surface area contributed by atoms with Crippen LogP contribution < -0.4 is 0 Å². The van der Waals surface area contributed by atoms with Gasteiger partial charge in [-0.1, -0.05) is 30.3 Å². The van der Waals surface area contributed by atoms with Crippen molar-refractivity contribution >= 4 is 0 Å². The number of furan rings is 1. The number of hydrogen-bond acceptors (Lipinski definition) is 4. The molecule has 128 valence electrons. The summed E-state index contributed by atoms with van der Waals surface area (Å²) in [6.45, 7) is 6.12. The first kappa shape index (κ1) is 15.8. The molecule has 24 heavy (non-hydrogen) atoms. The Kier molecular flexibility index (Phi) is 3.58. The average Bonchev–Trinajstić information content (AvgIpc) is 3.19. The van der Waals surface area contributed by atoms with E-state index in [1.165, 1.54) is 0 Å². The predicted molar refractivity (Wildman–Crippen MR) is 88.5 cm³/mol. The summed E-state index contributed by atoms with van der Waals surface area (Å²) in [5.74, 6) is -0.00604. The first-order chi connectivity index (χ1) is 11.4.